The summed E-state index contributed by atoms with van der Waals surface area (Å²) in [6.45, 7) is 0. The van der Waals surface area contributed by atoms with Crippen molar-refractivity contribution in [3.8, 4) is 17.7 Å². The van der Waals surface area contributed by atoms with Gasteiger partial charge in [0.25, 0.3) is 5.88 Å². The lowest BCUT2D eigenvalue weighted by atomic mass is 10.3. The zero-order chi connectivity index (χ0) is 12.3. The van der Waals surface area contributed by atoms with E-state index in [0.717, 1.165) is 0 Å². The summed E-state index contributed by atoms with van der Waals surface area (Å²) < 4.78 is 5.40. The average Bonchev–Trinajstić information content (AvgIpc) is 2.33. The number of benzene rings is 1. The summed E-state index contributed by atoms with van der Waals surface area (Å²) in [6.07, 6.45) is 2.84. The molecule has 17 heavy (non-hydrogen) atoms. The molecule has 84 valence electrons. The largest absolute Gasteiger partial charge is 0.435 e. The fourth-order valence-corrected chi connectivity index (χ4v) is 1.59. The van der Waals surface area contributed by atoms with E-state index in [2.05, 4.69) is 9.97 Å². The second-order valence-corrected chi connectivity index (χ2v) is 3.84. The molecule has 1 heterocycles. The molecule has 0 radical (unpaired) electrons. The maximum atomic E-state index is 8.82. The number of aromatic nitrogens is 2. The van der Waals surface area contributed by atoms with E-state index in [1.165, 1.54) is 12.4 Å². The minimum Gasteiger partial charge on any atom is -0.435 e. The molecule has 0 aliphatic heterocycles. The molecule has 0 saturated heterocycles. The molecular formula is C11H5Cl2N3O. The molecule has 0 bridgehead atoms. The lowest BCUT2D eigenvalue weighted by Gasteiger charge is -2.06. The molecule has 2 aromatic rings. The normalized spacial score (nSPS) is 9.71. The number of ether oxygens (including phenoxy) is 1. The van der Waals surface area contributed by atoms with Crippen LogP contribution in [0.1, 0.15) is 5.69 Å². The van der Waals surface area contributed by atoms with E-state index < -0.39 is 0 Å². The number of hydrogen-bond acceptors (Lipinski definition) is 4. The van der Waals surface area contributed by atoms with Crippen LogP contribution < -0.4 is 4.74 Å². The summed E-state index contributed by atoms with van der Waals surface area (Å²) in [5.74, 6) is 0.479. The zero-order valence-electron chi connectivity index (χ0n) is 8.39. The Labute approximate surface area is 107 Å². The Kier molecular flexibility index (Phi) is 3.43. The molecule has 6 heteroatoms. The topological polar surface area (TPSA) is 58.8 Å². The van der Waals surface area contributed by atoms with E-state index in [0.29, 0.717) is 15.8 Å². The lowest BCUT2D eigenvalue weighted by molar-refractivity contribution is 0.458. The van der Waals surface area contributed by atoms with Crippen molar-refractivity contribution in [1.82, 2.24) is 9.97 Å². The SMILES string of the molecule is N#Cc1nccnc1Oc1ccc(Cl)cc1Cl. The second-order valence-electron chi connectivity index (χ2n) is 3.00. The van der Waals surface area contributed by atoms with Crippen LogP contribution in [0.3, 0.4) is 0 Å². The van der Waals surface area contributed by atoms with Crippen molar-refractivity contribution in [3.63, 3.8) is 0 Å². The highest BCUT2D eigenvalue weighted by Crippen LogP contribution is 2.31. The van der Waals surface area contributed by atoms with Gasteiger partial charge < -0.3 is 4.74 Å². The van der Waals surface area contributed by atoms with E-state index in [9.17, 15) is 0 Å². The van der Waals surface area contributed by atoms with Gasteiger partial charge in [-0.3, -0.25) is 0 Å². The molecule has 1 aromatic carbocycles. The minimum atomic E-state index is 0.0958. The number of hydrogen-bond donors (Lipinski definition) is 0. The first-order chi connectivity index (χ1) is 8.20. The minimum absolute atomic E-state index is 0.0958. The second kappa shape index (κ2) is 5.00. The number of rotatable bonds is 2. The first-order valence-corrected chi connectivity index (χ1v) is 5.30. The van der Waals surface area contributed by atoms with Gasteiger partial charge in [-0.25, -0.2) is 9.97 Å². The maximum Gasteiger partial charge on any atom is 0.256 e. The average molecular weight is 266 g/mol. The Balaban J connectivity index is 2.35. The third kappa shape index (κ3) is 2.64. The Morgan fingerprint density at radius 2 is 1.94 bits per heavy atom. The Hall–Kier alpha value is -1.83. The molecule has 0 spiro atoms. The van der Waals surface area contributed by atoms with Crippen LogP contribution in [-0.4, -0.2) is 9.97 Å². The molecule has 0 aliphatic carbocycles. The molecule has 2 rings (SSSR count). The van der Waals surface area contributed by atoms with Crippen LogP contribution in [0.15, 0.2) is 30.6 Å². The van der Waals surface area contributed by atoms with E-state index >= 15 is 0 Å². The highest BCUT2D eigenvalue weighted by atomic mass is 35.5. The molecule has 1 aromatic heterocycles. The van der Waals surface area contributed by atoms with Crippen LogP contribution in [0, 0.1) is 11.3 Å². The van der Waals surface area contributed by atoms with Gasteiger partial charge in [0, 0.05) is 17.4 Å². The van der Waals surface area contributed by atoms with E-state index in [1.807, 2.05) is 6.07 Å². The molecule has 0 unspecified atom stereocenters. The maximum absolute atomic E-state index is 8.82. The van der Waals surface area contributed by atoms with Gasteiger partial charge in [0.05, 0.1) is 5.02 Å². The fraction of sp³-hybridized carbons (Fsp3) is 0. The van der Waals surface area contributed by atoms with Gasteiger partial charge in [-0.05, 0) is 18.2 Å². The van der Waals surface area contributed by atoms with Crippen LogP contribution >= 0.6 is 23.2 Å². The van der Waals surface area contributed by atoms with Crippen molar-refractivity contribution in [2.24, 2.45) is 0 Å². The van der Waals surface area contributed by atoms with Crippen LogP contribution in [-0.2, 0) is 0 Å². The summed E-state index contributed by atoms with van der Waals surface area (Å²) in [5.41, 5.74) is 0.0958. The number of halogens is 2. The van der Waals surface area contributed by atoms with Crippen LogP contribution in [0.5, 0.6) is 11.6 Å². The number of nitrogens with zero attached hydrogens (tertiary/aromatic N) is 3. The van der Waals surface area contributed by atoms with Crippen molar-refractivity contribution < 1.29 is 4.74 Å². The number of nitriles is 1. The third-order valence-electron chi connectivity index (χ3n) is 1.87. The van der Waals surface area contributed by atoms with Crippen molar-refractivity contribution >= 4 is 23.2 Å². The summed E-state index contributed by atoms with van der Waals surface area (Å²) >= 11 is 11.7. The molecule has 0 amide bonds. The third-order valence-corrected chi connectivity index (χ3v) is 2.40. The quantitative estimate of drug-likeness (QED) is 0.835. The predicted octanol–water partition coefficient (Wildman–Crippen LogP) is 3.45. The van der Waals surface area contributed by atoms with Crippen LogP contribution in [0.4, 0.5) is 0 Å². The van der Waals surface area contributed by atoms with Gasteiger partial charge in [0.15, 0.2) is 0 Å². The first kappa shape index (κ1) is 11.6. The van der Waals surface area contributed by atoms with Crippen LogP contribution in [0.25, 0.3) is 0 Å². The van der Waals surface area contributed by atoms with E-state index in [1.54, 1.807) is 18.2 Å². The van der Waals surface area contributed by atoms with E-state index in [-0.39, 0.29) is 11.6 Å². The highest BCUT2D eigenvalue weighted by Gasteiger charge is 2.09. The van der Waals surface area contributed by atoms with Gasteiger partial charge in [-0.2, -0.15) is 5.26 Å². The van der Waals surface area contributed by atoms with Gasteiger partial charge in [-0.15, -0.1) is 0 Å². The predicted molar refractivity (Wildman–Crippen MR) is 63.3 cm³/mol. The van der Waals surface area contributed by atoms with Gasteiger partial charge in [0.2, 0.25) is 5.69 Å². The van der Waals surface area contributed by atoms with Crippen molar-refractivity contribution in [1.29, 1.82) is 5.26 Å². The summed E-state index contributed by atoms with van der Waals surface area (Å²) in [6, 6.07) is 6.65. The van der Waals surface area contributed by atoms with Gasteiger partial charge in [0.1, 0.15) is 11.8 Å². The van der Waals surface area contributed by atoms with Crippen molar-refractivity contribution in [2.75, 3.05) is 0 Å². The molecule has 0 N–H and O–H groups in total. The molecule has 4 nitrogen and oxygen atoms in total. The summed E-state index contributed by atoms with van der Waals surface area (Å²) in [7, 11) is 0. The first-order valence-electron chi connectivity index (χ1n) is 4.54. The fourth-order valence-electron chi connectivity index (χ4n) is 1.14. The zero-order valence-corrected chi connectivity index (χ0v) is 9.90. The molecule has 0 atom stereocenters. The Morgan fingerprint density at radius 3 is 2.65 bits per heavy atom. The Bertz CT molecular complexity index is 596. The lowest BCUT2D eigenvalue weighted by Crippen LogP contribution is -1.94. The van der Waals surface area contributed by atoms with E-state index in [4.69, 9.17) is 33.2 Å². The van der Waals surface area contributed by atoms with Gasteiger partial charge >= 0.3 is 0 Å². The molecule has 0 aliphatic rings. The smallest absolute Gasteiger partial charge is 0.256 e. The van der Waals surface area contributed by atoms with Crippen molar-refractivity contribution in [3.05, 3.63) is 46.3 Å². The van der Waals surface area contributed by atoms with Crippen molar-refractivity contribution in [2.45, 2.75) is 0 Å². The molecule has 0 saturated carbocycles. The molecule has 0 fully saturated rings. The van der Waals surface area contributed by atoms with Gasteiger partial charge in [-0.1, -0.05) is 23.2 Å². The highest BCUT2D eigenvalue weighted by molar-refractivity contribution is 6.35. The summed E-state index contributed by atoms with van der Waals surface area (Å²) in [4.78, 5) is 7.73. The Morgan fingerprint density at radius 1 is 1.18 bits per heavy atom. The molecular weight excluding hydrogens is 261 g/mol. The standard InChI is InChI=1S/C11H5Cl2N3O/c12-7-1-2-10(8(13)5-7)17-11-9(6-14)15-3-4-16-11/h1-5H. The summed E-state index contributed by atoms with van der Waals surface area (Å²) in [5, 5.41) is 9.66. The van der Waals surface area contributed by atoms with Crippen LogP contribution in [0.2, 0.25) is 10.0 Å². The monoisotopic (exact) mass is 265 g/mol.